The number of aliphatic hydroxyl groups is 5. The number of hydrogen-bond acceptors (Lipinski definition) is 8. The van der Waals surface area contributed by atoms with Gasteiger partial charge in [0.1, 0.15) is 24.4 Å². The van der Waals surface area contributed by atoms with Crippen LogP contribution in [0, 0.1) is 0 Å². The summed E-state index contributed by atoms with van der Waals surface area (Å²) in [7, 11) is 0. The highest BCUT2D eigenvalue weighted by atomic mass is 16.7. The first-order valence-corrected chi connectivity index (χ1v) is 29.9. The zero-order valence-corrected chi connectivity index (χ0v) is 45.5. The fourth-order valence-corrected chi connectivity index (χ4v) is 9.36. The van der Waals surface area contributed by atoms with Gasteiger partial charge in [-0.3, -0.25) is 4.79 Å². The fraction of sp³-hybridized carbons (Fsp3) is 0.852. The van der Waals surface area contributed by atoms with Crippen molar-refractivity contribution in [3.8, 4) is 0 Å². The zero-order chi connectivity index (χ0) is 50.8. The smallest absolute Gasteiger partial charge is 0.220 e. The molecule has 0 aromatic heterocycles. The van der Waals surface area contributed by atoms with Gasteiger partial charge in [-0.2, -0.15) is 0 Å². The maximum Gasteiger partial charge on any atom is 0.220 e. The third-order valence-corrected chi connectivity index (χ3v) is 14.1. The van der Waals surface area contributed by atoms with Gasteiger partial charge in [-0.15, -0.1) is 0 Å². The number of unbranched alkanes of at least 4 members (excludes halogenated alkanes) is 35. The second-order valence-electron chi connectivity index (χ2n) is 20.8. The van der Waals surface area contributed by atoms with E-state index in [4.69, 9.17) is 9.47 Å². The molecule has 1 fully saturated rings. The molecular weight excluding hydrogens is 875 g/mol. The fourth-order valence-electron chi connectivity index (χ4n) is 9.36. The van der Waals surface area contributed by atoms with Crippen LogP contribution >= 0.6 is 0 Å². The second kappa shape index (κ2) is 50.7. The normalized spacial score (nSPS) is 19.7. The Morgan fingerprint density at radius 3 is 1.20 bits per heavy atom. The molecule has 1 amide bonds. The topological polar surface area (TPSA) is 149 Å². The lowest BCUT2D eigenvalue weighted by Gasteiger charge is -2.40. The lowest BCUT2D eigenvalue weighted by Crippen LogP contribution is -2.60. The molecule has 9 heteroatoms. The molecule has 1 heterocycles. The Hall–Kier alpha value is -1.85. The molecule has 0 spiro atoms. The lowest BCUT2D eigenvalue weighted by molar-refractivity contribution is -0.302. The molecule has 410 valence electrons. The number of carbonyl (C=O) groups is 1. The van der Waals surface area contributed by atoms with Crippen LogP contribution in [0.4, 0.5) is 0 Å². The summed E-state index contributed by atoms with van der Waals surface area (Å²) in [6, 6.07) is -0.832. The molecule has 1 aliphatic rings. The average Bonchev–Trinajstić information content (AvgIpc) is 3.36. The van der Waals surface area contributed by atoms with E-state index >= 15 is 0 Å². The molecule has 7 atom stereocenters. The quantitative estimate of drug-likeness (QED) is 0.0261. The third kappa shape index (κ3) is 39.7. The number of amides is 1. The van der Waals surface area contributed by atoms with Crippen LogP contribution < -0.4 is 5.32 Å². The first kappa shape index (κ1) is 66.2. The molecule has 9 nitrogen and oxygen atoms in total. The minimum atomic E-state index is -1.58. The van der Waals surface area contributed by atoms with Gasteiger partial charge in [0.05, 0.1) is 25.4 Å². The number of hydrogen-bond donors (Lipinski definition) is 6. The molecule has 0 bridgehead atoms. The van der Waals surface area contributed by atoms with Crippen molar-refractivity contribution in [1.29, 1.82) is 0 Å². The molecule has 0 aliphatic carbocycles. The van der Waals surface area contributed by atoms with E-state index in [-0.39, 0.29) is 12.5 Å². The first-order valence-electron chi connectivity index (χ1n) is 29.9. The number of carbonyl (C=O) groups excluding carboxylic acids is 1. The summed E-state index contributed by atoms with van der Waals surface area (Å²) < 4.78 is 11.2. The van der Waals surface area contributed by atoms with E-state index in [1.54, 1.807) is 6.08 Å². The van der Waals surface area contributed by atoms with Crippen LogP contribution in [-0.2, 0) is 14.3 Å². The van der Waals surface area contributed by atoms with E-state index in [1.165, 1.54) is 199 Å². The van der Waals surface area contributed by atoms with Crippen LogP contribution in [0.2, 0.25) is 0 Å². The van der Waals surface area contributed by atoms with Gasteiger partial charge in [0.25, 0.3) is 0 Å². The molecule has 7 unspecified atom stereocenters. The minimum absolute atomic E-state index is 0.194. The summed E-state index contributed by atoms with van der Waals surface area (Å²) in [5.41, 5.74) is 0. The van der Waals surface area contributed by atoms with Gasteiger partial charge in [0.2, 0.25) is 5.91 Å². The molecule has 1 saturated heterocycles. The predicted molar refractivity (Wildman–Crippen MR) is 295 cm³/mol. The van der Waals surface area contributed by atoms with Crippen molar-refractivity contribution in [2.45, 2.75) is 320 Å². The first-order chi connectivity index (χ1) is 34.3. The molecule has 1 rings (SSSR count). The summed E-state index contributed by atoms with van der Waals surface area (Å²) in [6.07, 6.45) is 60.5. The van der Waals surface area contributed by atoms with Crippen LogP contribution in [0.25, 0.3) is 0 Å². The Labute approximate surface area is 431 Å². The van der Waals surface area contributed by atoms with Gasteiger partial charge in [0, 0.05) is 6.42 Å². The number of rotatable bonds is 51. The Morgan fingerprint density at radius 2 is 0.814 bits per heavy atom. The molecule has 70 heavy (non-hydrogen) atoms. The van der Waals surface area contributed by atoms with Crippen molar-refractivity contribution in [3.63, 3.8) is 0 Å². The standard InChI is InChI=1S/C61H113NO8/c1-3-5-7-9-11-13-15-17-19-21-22-23-24-25-26-27-28-29-30-31-32-33-35-36-38-40-42-44-46-48-50-55(64)54(53-69-61-60(68)59(67)58(66)56(52-63)70-61)62-57(65)51-49-47-45-43-41-39-37-34-20-18-16-14-12-10-8-6-4-2/h18,20,33,35,40,42,48,50,54-56,58-61,63-64,66-68H,3-17,19,21-32,34,36-39,41,43-47,49,51-53H2,1-2H3,(H,62,65)/b20-18-,35-33+,42-40+,50-48+. The lowest BCUT2D eigenvalue weighted by atomic mass is 9.99. The van der Waals surface area contributed by atoms with Crippen molar-refractivity contribution in [2.24, 2.45) is 0 Å². The van der Waals surface area contributed by atoms with Crippen LogP contribution in [0.3, 0.4) is 0 Å². The molecule has 1 aliphatic heterocycles. The summed E-state index contributed by atoms with van der Waals surface area (Å²) in [5.74, 6) is -0.194. The van der Waals surface area contributed by atoms with Crippen molar-refractivity contribution < 1.29 is 39.8 Å². The highest BCUT2D eigenvalue weighted by Gasteiger charge is 2.44. The number of nitrogens with one attached hydrogen (secondary N) is 1. The predicted octanol–water partition coefficient (Wildman–Crippen LogP) is 14.9. The van der Waals surface area contributed by atoms with E-state index in [2.05, 4.69) is 55.6 Å². The maximum atomic E-state index is 13.0. The minimum Gasteiger partial charge on any atom is -0.394 e. The number of ether oxygens (including phenoxy) is 2. The summed E-state index contributed by atoms with van der Waals surface area (Å²) >= 11 is 0. The van der Waals surface area contributed by atoms with Gasteiger partial charge in [-0.25, -0.2) is 0 Å². The molecule has 0 radical (unpaired) electrons. The van der Waals surface area contributed by atoms with Crippen LogP contribution in [0.15, 0.2) is 48.6 Å². The second-order valence-corrected chi connectivity index (χ2v) is 20.8. The van der Waals surface area contributed by atoms with Gasteiger partial charge in [0.15, 0.2) is 6.29 Å². The third-order valence-electron chi connectivity index (χ3n) is 14.1. The largest absolute Gasteiger partial charge is 0.394 e. The highest BCUT2D eigenvalue weighted by molar-refractivity contribution is 5.76. The summed E-state index contributed by atoms with van der Waals surface area (Å²) in [6.45, 7) is 3.77. The molecule has 0 aromatic carbocycles. The van der Waals surface area contributed by atoms with Crippen LogP contribution in [-0.4, -0.2) is 87.5 Å². The van der Waals surface area contributed by atoms with E-state index < -0.39 is 49.5 Å². The summed E-state index contributed by atoms with van der Waals surface area (Å²) in [5, 5.41) is 54.5. The Kier molecular flexibility index (Phi) is 47.9. The van der Waals surface area contributed by atoms with Crippen LogP contribution in [0.1, 0.15) is 277 Å². The van der Waals surface area contributed by atoms with Crippen molar-refractivity contribution >= 4 is 5.91 Å². The van der Waals surface area contributed by atoms with E-state index in [1.807, 2.05) is 6.08 Å². The van der Waals surface area contributed by atoms with E-state index in [0.29, 0.717) is 6.42 Å². The van der Waals surface area contributed by atoms with Gasteiger partial charge < -0.3 is 40.3 Å². The maximum absolute atomic E-state index is 13.0. The monoisotopic (exact) mass is 988 g/mol. The van der Waals surface area contributed by atoms with Gasteiger partial charge >= 0.3 is 0 Å². The average molecular weight is 989 g/mol. The van der Waals surface area contributed by atoms with Crippen molar-refractivity contribution in [2.75, 3.05) is 13.2 Å². The Balaban J connectivity index is 2.23. The molecular formula is C61H113NO8. The molecule has 0 saturated carbocycles. The number of aliphatic hydroxyl groups excluding tert-OH is 5. The van der Waals surface area contributed by atoms with Gasteiger partial charge in [-0.05, 0) is 70.6 Å². The Morgan fingerprint density at radius 1 is 0.471 bits per heavy atom. The number of allylic oxidation sites excluding steroid dienone is 7. The van der Waals surface area contributed by atoms with E-state index in [9.17, 15) is 30.3 Å². The van der Waals surface area contributed by atoms with Crippen molar-refractivity contribution in [1.82, 2.24) is 5.32 Å². The molecule has 6 N–H and O–H groups in total. The SMILES string of the molecule is CCCCCCCC/C=C\CCCCCCCCCC(=O)NC(COC1OC(CO)C(O)C(O)C1O)C(O)/C=C/CC/C=C/CC/C=C/CCCCCCCCCCCCCCCCCCCCCC. The highest BCUT2D eigenvalue weighted by Crippen LogP contribution is 2.23. The van der Waals surface area contributed by atoms with E-state index in [0.717, 1.165) is 57.8 Å². The molecule has 0 aromatic rings. The summed E-state index contributed by atoms with van der Waals surface area (Å²) in [4.78, 5) is 13.0. The Bertz CT molecular complexity index is 1240. The van der Waals surface area contributed by atoms with Gasteiger partial charge in [-0.1, -0.05) is 249 Å². The van der Waals surface area contributed by atoms with Crippen LogP contribution in [0.5, 0.6) is 0 Å². The zero-order valence-electron chi connectivity index (χ0n) is 45.5. The van der Waals surface area contributed by atoms with Crippen molar-refractivity contribution in [3.05, 3.63) is 48.6 Å².